The normalized spacial score (nSPS) is 33.4. The topological polar surface area (TPSA) is 81.4 Å². The first-order valence-electron chi connectivity index (χ1n) is 5.30. The quantitative estimate of drug-likeness (QED) is 0.685. The van der Waals surface area contributed by atoms with E-state index in [1.807, 2.05) is 6.92 Å². The molecule has 3 N–H and O–H groups in total. The van der Waals surface area contributed by atoms with E-state index in [0.717, 1.165) is 0 Å². The third kappa shape index (κ3) is 3.02. The van der Waals surface area contributed by atoms with Gasteiger partial charge in [0.05, 0.1) is 18.6 Å². The molecule has 0 aromatic carbocycles. The van der Waals surface area contributed by atoms with E-state index in [4.69, 9.17) is 10.5 Å². The van der Waals surface area contributed by atoms with Crippen LogP contribution in [0.25, 0.3) is 0 Å². The molecule has 4 unspecified atom stereocenters. The zero-order valence-corrected chi connectivity index (χ0v) is 10.8. The molecule has 5 nitrogen and oxygen atoms in total. The lowest BCUT2D eigenvalue weighted by atomic mass is 9.84. The first-order valence-corrected chi connectivity index (χ1v) is 7.03. The van der Waals surface area contributed by atoms with Gasteiger partial charge in [0, 0.05) is 34.9 Å². The SMILES string of the molecule is CC(CS(C)=O)NC(=O)C1(C)COCC1N. The smallest absolute Gasteiger partial charge is 0.230 e. The van der Waals surface area contributed by atoms with Crippen LogP contribution in [0, 0.1) is 5.41 Å². The summed E-state index contributed by atoms with van der Waals surface area (Å²) in [4.78, 5) is 12.0. The second-order valence-electron chi connectivity index (χ2n) is 4.65. The van der Waals surface area contributed by atoms with Crippen LogP contribution in [0.4, 0.5) is 0 Å². The molecule has 0 aliphatic carbocycles. The summed E-state index contributed by atoms with van der Waals surface area (Å²) in [7, 11) is -0.913. The summed E-state index contributed by atoms with van der Waals surface area (Å²) in [5.74, 6) is 0.341. The van der Waals surface area contributed by atoms with Gasteiger partial charge in [0.25, 0.3) is 0 Å². The molecule has 94 valence electrons. The number of hydrogen-bond acceptors (Lipinski definition) is 4. The molecule has 0 saturated carbocycles. The van der Waals surface area contributed by atoms with Crippen molar-refractivity contribution in [3.63, 3.8) is 0 Å². The highest BCUT2D eigenvalue weighted by Gasteiger charge is 2.44. The van der Waals surface area contributed by atoms with E-state index in [1.54, 1.807) is 13.2 Å². The van der Waals surface area contributed by atoms with Crippen LogP contribution >= 0.6 is 0 Å². The number of carbonyl (C=O) groups excluding carboxylic acids is 1. The minimum absolute atomic E-state index is 0.108. The molecule has 1 amide bonds. The lowest BCUT2D eigenvalue weighted by molar-refractivity contribution is -0.131. The van der Waals surface area contributed by atoms with Crippen molar-refractivity contribution in [1.29, 1.82) is 0 Å². The van der Waals surface area contributed by atoms with Crippen LogP contribution in [0.3, 0.4) is 0 Å². The number of nitrogens with one attached hydrogen (secondary N) is 1. The lowest BCUT2D eigenvalue weighted by Gasteiger charge is -2.27. The van der Waals surface area contributed by atoms with E-state index in [2.05, 4.69) is 5.32 Å². The number of nitrogens with two attached hydrogens (primary N) is 1. The van der Waals surface area contributed by atoms with Crippen molar-refractivity contribution >= 4 is 16.7 Å². The average molecular weight is 248 g/mol. The monoisotopic (exact) mass is 248 g/mol. The number of rotatable bonds is 4. The van der Waals surface area contributed by atoms with Crippen LogP contribution in [0.15, 0.2) is 0 Å². The highest BCUT2D eigenvalue weighted by atomic mass is 32.2. The first-order chi connectivity index (χ1) is 7.36. The summed E-state index contributed by atoms with van der Waals surface area (Å²) >= 11 is 0. The largest absolute Gasteiger partial charge is 0.379 e. The van der Waals surface area contributed by atoms with E-state index >= 15 is 0 Å². The predicted octanol–water partition coefficient (Wildman–Crippen LogP) is -0.767. The summed E-state index contributed by atoms with van der Waals surface area (Å²) in [6.45, 7) is 4.40. The van der Waals surface area contributed by atoms with Gasteiger partial charge in [0.2, 0.25) is 5.91 Å². The van der Waals surface area contributed by atoms with Gasteiger partial charge in [-0.2, -0.15) is 0 Å². The van der Waals surface area contributed by atoms with Gasteiger partial charge in [-0.1, -0.05) is 0 Å². The van der Waals surface area contributed by atoms with Gasteiger partial charge in [-0.15, -0.1) is 0 Å². The lowest BCUT2D eigenvalue weighted by Crippen LogP contribution is -2.52. The van der Waals surface area contributed by atoms with Gasteiger partial charge in [0.15, 0.2) is 0 Å². The van der Waals surface area contributed by atoms with E-state index in [0.29, 0.717) is 19.0 Å². The van der Waals surface area contributed by atoms with Crippen LogP contribution in [0.5, 0.6) is 0 Å². The van der Waals surface area contributed by atoms with Gasteiger partial charge >= 0.3 is 0 Å². The molecule has 1 saturated heterocycles. The zero-order valence-electron chi connectivity index (χ0n) is 9.99. The molecule has 1 fully saturated rings. The molecule has 0 radical (unpaired) electrons. The van der Waals surface area contributed by atoms with Crippen molar-refractivity contribution in [2.75, 3.05) is 25.2 Å². The standard InChI is InChI=1S/C10H20N2O3S/c1-7(5-16(3)14)12-9(13)10(2)6-15-4-8(10)11/h7-8H,4-6,11H2,1-3H3,(H,12,13). The number of amides is 1. The van der Waals surface area contributed by atoms with Gasteiger partial charge in [-0.05, 0) is 13.8 Å². The van der Waals surface area contributed by atoms with Crippen LogP contribution in [-0.4, -0.2) is 47.4 Å². The minimum atomic E-state index is -0.913. The maximum atomic E-state index is 12.0. The molecular formula is C10H20N2O3S. The fraction of sp³-hybridized carbons (Fsp3) is 0.900. The average Bonchev–Trinajstić information content (AvgIpc) is 2.46. The molecule has 16 heavy (non-hydrogen) atoms. The first kappa shape index (κ1) is 13.6. The van der Waals surface area contributed by atoms with Gasteiger partial charge in [-0.25, -0.2) is 0 Å². The Hall–Kier alpha value is -0.460. The molecule has 1 aliphatic heterocycles. The van der Waals surface area contributed by atoms with Crippen molar-refractivity contribution in [2.45, 2.75) is 25.9 Å². The molecule has 1 rings (SSSR count). The predicted molar refractivity (Wildman–Crippen MR) is 63.4 cm³/mol. The van der Waals surface area contributed by atoms with Crippen molar-refractivity contribution in [2.24, 2.45) is 11.1 Å². The third-order valence-corrected chi connectivity index (χ3v) is 3.87. The molecule has 6 heteroatoms. The molecule has 0 aromatic heterocycles. The van der Waals surface area contributed by atoms with Gasteiger partial charge in [-0.3, -0.25) is 9.00 Å². The van der Waals surface area contributed by atoms with Gasteiger partial charge < -0.3 is 15.8 Å². The van der Waals surface area contributed by atoms with Crippen molar-refractivity contribution in [3.8, 4) is 0 Å². The van der Waals surface area contributed by atoms with Crippen molar-refractivity contribution < 1.29 is 13.7 Å². The fourth-order valence-corrected chi connectivity index (χ4v) is 2.49. The Morgan fingerprint density at radius 1 is 1.75 bits per heavy atom. The molecule has 1 heterocycles. The molecule has 0 aromatic rings. The Morgan fingerprint density at radius 2 is 2.38 bits per heavy atom. The Bertz CT molecular complexity index is 298. The van der Waals surface area contributed by atoms with Gasteiger partial charge in [0.1, 0.15) is 0 Å². The molecule has 0 spiro atoms. The minimum Gasteiger partial charge on any atom is -0.379 e. The van der Waals surface area contributed by atoms with Crippen LogP contribution in [-0.2, 0) is 20.3 Å². The molecule has 1 aliphatic rings. The highest BCUT2D eigenvalue weighted by molar-refractivity contribution is 7.84. The fourth-order valence-electron chi connectivity index (χ4n) is 1.71. The highest BCUT2D eigenvalue weighted by Crippen LogP contribution is 2.27. The number of ether oxygens (including phenoxy) is 1. The van der Waals surface area contributed by atoms with E-state index in [9.17, 15) is 9.00 Å². The van der Waals surface area contributed by atoms with Crippen LogP contribution < -0.4 is 11.1 Å². The summed E-state index contributed by atoms with van der Waals surface area (Å²) in [5.41, 5.74) is 5.18. The molecule has 4 atom stereocenters. The Kier molecular flexibility index (Phi) is 4.46. The Balaban J connectivity index is 2.54. The summed E-state index contributed by atoms with van der Waals surface area (Å²) in [5, 5.41) is 2.83. The maximum Gasteiger partial charge on any atom is 0.230 e. The summed E-state index contributed by atoms with van der Waals surface area (Å²) < 4.78 is 16.2. The number of carbonyl (C=O) groups is 1. The van der Waals surface area contributed by atoms with Crippen LogP contribution in [0.1, 0.15) is 13.8 Å². The molecular weight excluding hydrogens is 228 g/mol. The summed E-state index contributed by atoms with van der Waals surface area (Å²) in [6.07, 6.45) is 1.62. The molecule has 0 bridgehead atoms. The second kappa shape index (κ2) is 5.25. The number of hydrogen-bond donors (Lipinski definition) is 2. The maximum absolute atomic E-state index is 12.0. The van der Waals surface area contributed by atoms with Crippen molar-refractivity contribution in [3.05, 3.63) is 0 Å². The van der Waals surface area contributed by atoms with E-state index < -0.39 is 16.2 Å². The Labute approximate surface area is 98.6 Å². The van der Waals surface area contributed by atoms with E-state index in [1.165, 1.54) is 0 Å². The zero-order chi connectivity index (χ0) is 12.3. The van der Waals surface area contributed by atoms with Crippen molar-refractivity contribution in [1.82, 2.24) is 5.32 Å². The second-order valence-corrected chi connectivity index (χ2v) is 6.13. The van der Waals surface area contributed by atoms with Crippen LogP contribution in [0.2, 0.25) is 0 Å². The Morgan fingerprint density at radius 3 is 2.81 bits per heavy atom. The third-order valence-electron chi connectivity index (χ3n) is 2.90. The van der Waals surface area contributed by atoms with E-state index in [-0.39, 0.29) is 18.0 Å². The summed E-state index contributed by atoms with van der Waals surface area (Å²) in [6, 6.07) is -0.380.